The number of halogens is 1. The third-order valence-corrected chi connectivity index (χ3v) is 3.20. The maximum atomic E-state index is 10.6. The van der Waals surface area contributed by atoms with E-state index < -0.39 is 5.60 Å². The molecule has 0 aromatic carbocycles. The molecule has 0 amide bonds. The Bertz CT molecular complexity index is 401. The van der Waals surface area contributed by atoms with Crippen LogP contribution in [0.5, 0.6) is 0 Å². The number of hydrogen-bond donors (Lipinski definition) is 2. The zero-order chi connectivity index (χ0) is 14.6. The van der Waals surface area contributed by atoms with E-state index in [0.717, 1.165) is 6.54 Å². The summed E-state index contributed by atoms with van der Waals surface area (Å²) in [4.78, 5) is 2.07. The van der Waals surface area contributed by atoms with Gasteiger partial charge in [0.15, 0.2) is 0 Å². The smallest absolute Gasteiger partial charge is 0.117 e. The number of rotatable bonds is 7. The van der Waals surface area contributed by atoms with Gasteiger partial charge in [0.05, 0.1) is 23.5 Å². The molecule has 0 saturated heterocycles. The molecule has 1 atom stereocenters. The fourth-order valence-corrected chi connectivity index (χ4v) is 2.19. The van der Waals surface area contributed by atoms with Crippen LogP contribution in [0, 0.1) is 0 Å². The van der Waals surface area contributed by atoms with E-state index in [4.69, 9.17) is 11.6 Å². The molecule has 1 unspecified atom stereocenters. The minimum Gasteiger partial charge on any atom is -0.382 e. The monoisotopic (exact) mass is 288 g/mol. The molecule has 0 saturated carbocycles. The molecule has 1 aromatic heterocycles. The highest BCUT2D eigenvalue weighted by Gasteiger charge is 2.30. The number of nitrogens with zero attached hydrogens (tertiary/aromatic N) is 3. The van der Waals surface area contributed by atoms with E-state index in [1.807, 2.05) is 27.9 Å². The Labute approximate surface area is 120 Å². The van der Waals surface area contributed by atoms with Gasteiger partial charge in [-0.1, -0.05) is 25.4 Å². The van der Waals surface area contributed by atoms with Crippen molar-refractivity contribution in [1.82, 2.24) is 20.0 Å². The maximum Gasteiger partial charge on any atom is 0.117 e. The predicted octanol–water partition coefficient (Wildman–Crippen LogP) is 1.30. The summed E-state index contributed by atoms with van der Waals surface area (Å²) in [6, 6.07) is 0.309. The molecular weight excluding hydrogens is 264 g/mol. The van der Waals surface area contributed by atoms with Crippen molar-refractivity contribution >= 4 is 11.6 Å². The second-order valence-corrected chi connectivity index (χ2v) is 6.08. The second-order valence-electron chi connectivity index (χ2n) is 5.68. The normalized spacial score (nSPS) is 15.2. The lowest BCUT2D eigenvalue weighted by molar-refractivity contribution is 0.0452. The standard InChI is InChI=1S/C13H25ClN4O/c1-10(2)15-9-13(3,19)12-11(14)8-16-18(12)7-6-17(4)5/h8,10,15,19H,6-7,9H2,1-5H3. The molecular formula is C13H25ClN4O. The molecule has 1 heterocycles. The Morgan fingerprint density at radius 1 is 1.53 bits per heavy atom. The van der Waals surface area contributed by atoms with Gasteiger partial charge in [0.2, 0.25) is 0 Å². The minimum atomic E-state index is -1.04. The van der Waals surface area contributed by atoms with Crippen molar-refractivity contribution < 1.29 is 5.11 Å². The average molecular weight is 289 g/mol. The lowest BCUT2D eigenvalue weighted by Gasteiger charge is -2.27. The quantitative estimate of drug-likeness (QED) is 0.794. The number of hydrogen-bond acceptors (Lipinski definition) is 4. The van der Waals surface area contributed by atoms with Crippen molar-refractivity contribution in [3.8, 4) is 0 Å². The van der Waals surface area contributed by atoms with Crippen molar-refractivity contribution in [2.45, 2.75) is 39.0 Å². The van der Waals surface area contributed by atoms with Gasteiger partial charge in [0.25, 0.3) is 0 Å². The first-order valence-corrected chi connectivity index (χ1v) is 6.94. The molecule has 110 valence electrons. The van der Waals surface area contributed by atoms with Crippen molar-refractivity contribution in [3.63, 3.8) is 0 Å². The van der Waals surface area contributed by atoms with E-state index in [-0.39, 0.29) is 0 Å². The van der Waals surface area contributed by atoms with Gasteiger partial charge < -0.3 is 15.3 Å². The molecule has 6 heteroatoms. The Kier molecular flexibility index (Phi) is 5.80. The number of aromatic nitrogens is 2. The van der Waals surface area contributed by atoms with Crippen LogP contribution in [0.3, 0.4) is 0 Å². The van der Waals surface area contributed by atoms with Crippen LogP contribution in [0.25, 0.3) is 0 Å². The first-order chi connectivity index (χ1) is 8.74. The summed E-state index contributed by atoms with van der Waals surface area (Å²) < 4.78 is 1.78. The molecule has 0 aliphatic carbocycles. The van der Waals surface area contributed by atoms with E-state index >= 15 is 0 Å². The van der Waals surface area contributed by atoms with Crippen LogP contribution in [-0.2, 0) is 12.1 Å². The summed E-state index contributed by atoms with van der Waals surface area (Å²) in [6.45, 7) is 7.84. The molecule has 1 aromatic rings. The molecule has 0 spiro atoms. The lowest BCUT2D eigenvalue weighted by atomic mass is 10.0. The van der Waals surface area contributed by atoms with Gasteiger partial charge >= 0.3 is 0 Å². The lowest BCUT2D eigenvalue weighted by Crippen LogP contribution is -2.40. The van der Waals surface area contributed by atoms with Crippen molar-refractivity contribution in [2.75, 3.05) is 27.2 Å². The average Bonchev–Trinajstić information content (AvgIpc) is 2.66. The van der Waals surface area contributed by atoms with E-state index in [9.17, 15) is 5.11 Å². The summed E-state index contributed by atoms with van der Waals surface area (Å²) in [6.07, 6.45) is 1.59. The third kappa shape index (κ3) is 4.76. The van der Waals surface area contributed by atoms with Crippen LogP contribution in [0.4, 0.5) is 0 Å². The molecule has 19 heavy (non-hydrogen) atoms. The number of likely N-dealkylation sites (N-methyl/N-ethyl adjacent to an activating group) is 1. The number of nitrogens with one attached hydrogen (secondary N) is 1. The third-order valence-electron chi connectivity index (χ3n) is 2.92. The van der Waals surface area contributed by atoms with Crippen LogP contribution in [0.2, 0.25) is 5.02 Å². The molecule has 0 radical (unpaired) electrons. The van der Waals surface area contributed by atoms with Gasteiger partial charge in [-0.25, -0.2) is 0 Å². The van der Waals surface area contributed by atoms with Crippen LogP contribution in [0.15, 0.2) is 6.20 Å². The van der Waals surface area contributed by atoms with Crippen molar-refractivity contribution in [3.05, 3.63) is 16.9 Å². The fraction of sp³-hybridized carbons (Fsp3) is 0.769. The molecule has 2 N–H and O–H groups in total. The second kappa shape index (κ2) is 6.70. The SMILES string of the molecule is CC(C)NCC(C)(O)c1c(Cl)cnn1CCN(C)C. The topological polar surface area (TPSA) is 53.3 Å². The van der Waals surface area contributed by atoms with Gasteiger partial charge in [0.1, 0.15) is 5.60 Å². The molecule has 0 aliphatic rings. The Balaban J connectivity index is 2.87. The Morgan fingerprint density at radius 2 is 2.16 bits per heavy atom. The zero-order valence-electron chi connectivity index (χ0n) is 12.4. The zero-order valence-corrected chi connectivity index (χ0v) is 13.2. The maximum absolute atomic E-state index is 10.6. The molecule has 0 aliphatic heterocycles. The van der Waals surface area contributed by atoms with Gasteiger partial charge in [-0.15, -0.1) is 0 Å². The summed E-state index contributed by atoms with van der Waals surface area (Å²) in [5.41, 5.74) is -0.367. The van der Waals surface area contributed by atoms with Crippen molar-refractivity contribution in [1.29, 1.82) is 0 Å². The fourth-order valence-electron chi connectivity index (χ4n) is 1.85. The molecule has 5 nitrogen and oxygen atoms in total. The minimum absolute atomic E-state index is 0.309. The van der Waals surface area contributed by atoms with E-state index in [1.165, 1.54) is 0 Å². The van der Waals surface area contributed by atoms with Crippen LogP contribution >= 0.6 is 11.6 Å². The first-order valence-electron chi connectivity index (χ1n) is 6.56. The highest BCUT2D eigenvalue weighted by molar-refractivity contribution is 6.31. The van der Waals surface area contributed by atoms with E-state index in [0.29, 0.717) is 29.8 Å². The molecule has 0 bridgehead atoms. The first kappa shape index (κ1) is 16.4. The largest absolute Gasteiger partial charge is 0.382 e. The van der Waals surface area contributed by atoms with Gasteiger partial charge in [-0.05, 0) is 21.0 Å². The van der Waals surface area contributed by atoms with Gasteiger partial charge in [-0.3, -0.25) is 4.68 Å². The van der Waals surface area contributed by atoms with Crippen LogP contribution in [-0.4, -0.2) is 53.0 Å². The van der Waals surface area contributed by atoms with E-state index in [2.05, 4.69) is 15.3 Å². The Hall–Kier alpha value is -0.620. The van der Waals surface area contributed by atoms with Crippen LogP contribution < -0.4 is 5.32 Å². The van der Waals surface area contributed by atoms with E-state index in [1.54, 1.807) is 17.8 Å². The molecule has 1 rings (SSSR count). The Morgan fingerprint density at radius 3 is 2.68 bits per heavy atom. The summed E-state index contributed by atoms with van der Waals surface area (Å²) in [5.74, 6) is 0. The van der Waals surface area contributed by atoms with Gasteiger partial charge in [-0.2, -0.15) is 5.10 Å². The van der Waals surface area contributed by atoms with Gasteiger partial charge in [0, 0.05) is 19.1 Å². The summed E-state index contributed by atoms with van der Waals surface area (Å²) in [7, 11) is 4.01. The van der Waals surface area contributed by atoms with Crippen LogP contribution in [0.1, 0.15) is 26.5 Å². The van der Waals surface area contributed by atoms with Crippen molar-refractivity contribution in [2.24, 2.45) is 0 Å². The predicted molar refractivity (Wildman–Crippen MR) is 78.5 cm³/mol. The summed E-state index contributed by atoms with van der Waals surface area (Å²) in [5, 5.41) is 18.6. The molecule has 0 fully saturated rings. The number of aliphatic hydroxyl groups is 1. The highest BCUT2D eigenvalue weighted by atomic mass is 35.5. The highest BCUT2D eigenvalue weighted by Crippen LogP contribution is 2.27. The summed E-state index contributed by atoms with van der Waals surface area (Å²) >= 11 is 6.18.